The van der Waals surface area contributed by atoms with Gasteiger partial charge in [-0.05, 0) is 48.0 Å². The third-order valence-corrected chi connectivity index (χ3v) is 8.88. The average molecular weight is 656 g/mol. The van der Waals surface area contributed by atoms with Crippen molar-refractivity contribution in [3.05, 3.63) is 114 Å². The van der Waals surface area contributed by atoms with E-state index in [1.165, 1.54) is 6.07 Å². The van der Waals surface area contributed by atoms with Crippen LogP contribution in [0.25, 0.3) is 33.6 Å². The van der Waals surface area contributed by atoms with E-state index < -0.39 is 23.1 Å². The first-order valence-corrected chi connectivity index (χ1v) is 15.8. The maximum Gasteiger partial charge on any atom is 0.303 e. The minimum Gasteiger partial charge on any atom is -0.481 e. The molecule has 1 atom stereocenters. The second kappa shape index (κ2) is 11.8. The van der Waals surface area contributed by atoms with Crippen LogP contribution in [-0.4, -0.2) is 57.3 Å². The number of carboxylic acids is 1. The molecular formula is C36H30FN9O3. The number of aromatic nitrogens is 8. The van der Waals surface area contributed by atoms with Crippen LogP contribution in [0.15, 0.2) is 91.3 Å². The number of pyridine rings is 1. The Kier molecular flexibility index (Phi) is 7.24. The van der Waals surface area contributed by atoms with E-state index in [1.807, 2.05) is 85.3 Å². The van der Waals surface area contributed by atoms with E-state index in [1.54, 1.807) is 23.3 Å². The van der Waals surface area contributed by atoms with Gasteiger partial charge in [-0.1, -0.05) is 56.3 Å². The molecule has 13 heteroatoms. The molecule has 3 aromatic carbocycles. The number of halogens is 1. The maximum absolute atomic E-state index is 15.6. The smallest absolute Gasteiger partial charge is 0.303 e. The van der Waals surface area contributed by atoms with Crippen molar-refractivity contribution in [2.75, 3.05) is 11.9 Å². The lowest BCUT2D eigenvalue weighted by Gasteiger charge is -2.38. The minimum absolute atomic E-state index is 0.106. The van der Waals surface area contributed by atoms with Gasteiger partial charge in [0, 0.05) is 59.1 Å². The molecule has 0 unspecified atom stereocenters. The Labute approximate surface area is 279 Å². The van der Waals surface area contributed by atoms with Crippen LogP contribution < -0.4 is 10.1 Å². The molecule has 0 saturated heterocycles. The van der Waals surface area contributed by atoms with Crippen LogP contribution in [0.5, 0.6) is 11.6 Å². The summed E-state index contributed by atoms with van der Waals surface area (Å²) < 4.78 is 23.6. The van der Waals surface area contributed by atoms with Crippen molar-refractivity contribution in [1.82, 2.24) is 39.7 Å². The van der Waals surface area contributed by atoms with Gasteiger partial charge in [0.2, 0.25) is 11.5 Å². The Morgan fingerprint density at radius 3 is 2.61 bits per heavy atom. The molecular weight excluding hydrogens is 625 g/mol. The highest BCUT2D eigenvalue weighted by atomic mass is 19.1. The molecule has 1 aliphatic rings. The number of hydrogen-bond donors (Lipinski definition) is 2. The van der Waals surface area contributed by atoms with Gasteiger partial charge in [-0.15, -0.1) is 9.89 Å². The van der Waals surface area contributed by atoms with Crippen molar-refractivity contribution in [2.24, 2.45) is 0 Å². The van der Waals surface area contributed by atoms with Crippen molar-refractivity contribution in [2.45, 2.75) is 38.0 Å². The van der Waals surface area contributed by atoms with E-state index in [9.17, 15) is 4.79 Å². The molecule has 0 spiro atoms. The number of hydrogen-bond acceptors (Lipinski definition) is 9. The molecule has 0 amide bonds. The van der Waals surface area contributed by atoms with Crippen LogP contribution in [0.2, 0.25) is 0 Å². The number of nitrogens with zero attached hydrogens (tertiary/aromatic N) is 8. The minimum atomic E-state index is -0.826. The zero-order chi connectivity index (χ0) is 33.7. The molecule has 0 aliphatic carbocycles. The second-order valence-corrected chi connectivity index (χ2v) is 12.4. The first kappa shape index (κ1) is 30.1. The van der Waals surface area contributed by atoms with Crippen LogP contribution in [0.1, 0.15) is 49.6 Å². The third-order valence-electron chi connectivity index (χ3n) is 8.88. The zero-order valence-corrected chi connectivity index (χ0v) is 26.6. The van der Waals surface area contributed by atoms with Crippen LogP contribution in [0.4, 0.5) is 10.1 Å². The lowest BCUT2D eigenvalue weighted by Crippen LogP contribution is -2.35. The van der Waals surface area contributed by atoms with E-state index in [-0.39, 0.29) is 12.2 Å². The molecule has 0 fully saturated rings. The van der Waals surface area contributed by atoms with E-state index in [4.69, 9.17) is 19.8 Å². The van der Waals surface area contributed by atoms with E-state index in [0.717, 1.165) is 22.3 Å². The summed E-state index contributed by atoms with van der Waals surface area (Å²) in [5.41, 5.74) is 5.38. The van der Waals surface area contributed by atoms with E-state index in [0.29, 0.717) is 52.7 Å². The summed E-state index contributed by atoms with van der Waals surface area (Å²) in [6.45, 7) is 4.65. The molecule has 8 rings (SSSR count). The van der Waals surface area contributed by atoms with Gasteiger partial charge in [-0.25, -0.2) is 24.3 Å². The molecule has 1 aliphatic heterocycles. The van der Waals surface area contributed by atoms with Crippen molar-refractivity contribution >= 4 is 34.0 Å². The van der Waals surface area contributed by atoms with Crippen LogP contribution in [0, 0.1) is 5.82 Å². The Morgan fingerprint density at radius 1 is 0.959 bits per heavy atom. The summed E-state index contributed by atoms with van der Waals surface area (Å²) >= 11 is 0. The third kappa shape index (κ3) is 5.19. The summed E-state index contributed by atoms with van der Waals surface area (Å²) in [6.07, 6.45) is 3.83. The van der Waals surface area contributed by atoms with Gasteiger partial charge in [0.15, 0.2) is 17.2 Å². The second-order valence-electron chi connectivity index (χ2n) is 12.4. The average Bonchev–Trinajstić information content (AvgIpc) is 3.71. The maximum atomic E-state index is 15.6. The quantitative estimate of drug-likeness (QED) is 0.164. The molecule has 7 aromatic rings. The summed E-state index contributed by atoms with van der Waals surface area (Å²) in [6, 6.07) is 24.2. The predicted octanol–water partition coefficient (Wildman–Crippen LogP) is 6.58. The zero-order valence-electron chi connectivity index (χ0n) is 26.6. The number of aliphatic carboxylic acids is 1. The number of benzene rings is 3. The summed E-state index contributed by atoms with van der Waals surface area (Å²) in [7, 11) is 0. The fourth-order valence-corrected chi connectivity index (χ4v) is 6.58. The molecule has 5 heterocycles. The fourth-order valence-electron chi connectivity index (χ4n) is 6.58. The molecule has 244 valence electrons. The van der Waals surface area contributed by atoms with Gasteiger partial charge in [0.1, 0.15) is 16.9 Å². The number of carbonyl (C=O) groups is 1. The Balaban J connectivity index is 1.23. The lowest BCUT2D eigenvalue weighted by molar-refractivity contribution is -0.137. The summed E-state index contributed by atoms with van der Waals surface area (Å²) in [5.74, 6) is -0.756. The highest BCUT2D eigenvalue weighted by Gasteiger charge is 2.45. The van der Waals surface area contributed by atoms with Gasteiger partial charge in [0.05, 0.1) is 5.69 Å². The highest BCUT2D eigenvalue weighted by molar-refractivity contribution is 5.75. The summed E-state index contributed by atoms with van der Waals surface area (Å²) in [4.78, 5) is 31.5. The molecule has 49 heavy (non-hydrogen) atoms. The normalized spacial score (nSPS) is 14.0. The topological polar surface area (TPSA) is 146 Å². The Hall–Kier alpha value is -6.24. The van der Waals surface area contributed by atoms with Crippen molar-refractivity contribution in [1.29, 1.82) is 0 Å². The number of imidazole rings is 1. The van der Waals surface area contributed by atoms with Crippen LogP contribution in [-0.2, 0) is 10.2 Å². The Bertz CT molecular complexity index is 2370. The first-order valence-electron chi connectivity index (χ1n) is 15.8. The largest absolute Gasteiger partial charge is 0.481 e. The molecule has 2 N–H and O–H groups in total. The van der Waals surface area contributed by atoms with Crippen LogP contribution >= 0.6 is 0 Å². The fraction of sp³-hybridized carbons (Fsp3) is 0.194. The van der Waals surface area contributed by atoms with Crippen molar-refractivity contribution in [3.8, 4) is 22.9 Å². The number of anilines is 1. The molecule has 12 nitrogen and oxygen atoms in total. The van der Waals surface area contributed by atoms with Crippen molar-refractivity contribution in [3.63, 3.8) is 0 Å². The van der Waals surface area contributed by atoms with Gasteiger partial charge in [0.25, 0.3) is 0 Å². The molecule has 0 bridgehead atoms. The first-order chi connectivity index (χ1) is 23.8. The van der Waals surface area contributed by atoms with Gasteiger partial charge >= 0.3 is 5.97 Å². The highest BCUT2D eigenvalue weighted by Crippen LogP contribution is 2.53. The number of para-hydroxylation sites is 2. The summed E-state index contributed by atoms with van der Waals surface area (Å²) in [5, 5.41) is 21.0. The number of nitrogens with one attached hydrogen (secondary N) is 1. The molecule has 4 aromatic heterocycles. The predicted molar refractivity (Wildman–Crippen MR) is 180 cm³/mol. The van der Waals surface area contributed by atoms with Crippen LogP contribution in [0.3, 0.4) is 0 Å². The van der Waals surface area contributed by atoms with Gasteiger partial charge in [-0.2, -0.15) is 4.68 Å². The lowest BCUT2D eigenvalue weighted by atomic mass is 9.69. The van der Waals surface area contributed by atoms with Crippen molar-refractivity contribution < 1.29 is 19.0 Å². The monoisotopic (exact) mass is 655 g/mol. The SMILES string of the molecule is CC(C)(c1nc2nccnc2n1-n1nnc2ccccc21)[C@@H]1c2ccc(-c3ccc(NCCCC(=O)O)cc3)nc2Oc2c(F)cccc21. The molecule has 0 saturated carbocycles. The number of rotatable bonds is 9. The molecule has 0 radical (unpaired) electrons. The number of carboxylic acid groups (broad SMARTS) is 1. The van der Waals surface area contributed by atoms with E-state index in [2.05, 4.69) is 25.6 Å². The standard InChI is InChI=1S/C36H30FN9O3/c1-36(2,35-42-32-33(40-20-19-39-32)45(35)46-28-10-4-3-9-27(28)43-44-46)30-23-7-5-8-25(37)31(23)49-34-24(30)16-17-26(41-34)21-12-14-22(15-13-21)38-18-6-11-29(47)48/h3-5,7-10,12-17,19-20,30,38H,6,11,18H2,1-2H3,(H,47,48)/t30-/m0/s1. The number of ether oxygens (including phenoxy) is 1. The Morgan fingerprint density at radius 2 is 1.78 bits per heavy atom. The van der Waals surface area contributed by atoms with Gasteiger partial charge in [-0.3, -0.25) is 4.79 Å². The number of fused-ring (bicyclic) bond motifs is 4. The van der Waals surface area contributed by atoms with E-state index >= 15 is 4.39 Å². The van der Waals surface area contributed by atoms with Gasteiger partial charge < -0.3 is 15.2 Å².